The molecule has 0 unspecified atom stereocenters. The first-order valence-electron chi connectivity index (χ1n) is 13.3. The van der Waals surface area contributed by atoms with Gasteiger partial charge in [-0.25, -0.2) is 9.18 Å². The molecule has 0 aromatic heterocycles. The fourth-order valence-electron chi connectivity index (χ4n) is 5.18. The summed E-state index contributed by atoms with van der Waals surface area (Å²) in [6.45, 7) is -0.851. The molecule has 0 spiro atoms. The Hall–Kier alpha value is -3.88. The van der Waals surface area contributed by atoms with Crippen molar-refractivity contribution in [1.29, 1.82) is 0 Å². The third-order valence-corrected chi connectivity index (χ3v) is 7.21. The summed E-state index contributed by atoms with van der Waals surface area (Å²) in [5.41, 5.74) is -3.17. The van der Waals surface area contributed by atoms with Crippen LogP contribution >= 0.6 is 0 Å². The van der Waals surface area contributed by atoms with E-state index in [0.717, 1.165) is 4.90 Å². The highest BCUT2D eigenvalue weighted by atomic mass is 19.4. The highest BCUT2D eigenvalue weighted by Crippen LogP contribution is 2.37. The number of amides is 3. The zero-order valence-electron chi connectivity index (χ0n) is 23.2. The van der Waals surface area contributed by atoms with Gasteiger partial charge < -0.3 is 19.4 Å². The Balaban J connectivity index is 1.59. The van der Waals surface area contributed by atoms with Crippen molar-refractivity contribution in [2.45, 2.75) is 50.6 Å². The second-order valence-corrected chi connectivity index (χ2v) is 10.7. The van der Waals surface area contributed by atoms with E-state index in [1.807, 2.05) is 0 Å². The number of ether oxygens (including phenoxy) is 1. The number of rotatable bonds is 7. The van der Waals surface area contributed by atoms with E-state index < -0.39 is 71.6 Å². The van der Waals surface area contributed by atoms with Crippen LogP contribution in [0.1, 0.15) is 35.1 Å². The average molecular weight is 619 g/mol. The van der Waals surface area contributed by atoms with E-state index in [-0.39, 0.29) is 38.5 Å². The Kier molecular flexibility index (Phi) is 9.23. The van der Waals surface area contributed by atoms with Crippen LogP contribution in [0.4, 0.5) is 35.5 Å². The fourth-order valence-corrected chi connectivity index (χ4v) is 5.18. The lowest BCUT2D eigenvalue weighted by molar-refractivity contribution is -0.169. The zero-order valence-corrected chi connectivity index (χ0v) is 23.2. The maximum absolute atomic E-state index is 13.8. The molecule has 3 amide bonds. The number of halogens is 7. The standard InChI is InChI=1S/C28H29F7N4O4/c1-36(2)8-6-22-25(41)37(14-17-4-3-5-21(29)12-17)15-23-38(9-7-24(40)39(22)23)26(42)43-16-18-10-19(27(30,31)32)13-20(11-18)28(33,34)35/h3-5,10-13,22-23H,6-9,14-16H2,1-2H3/t22-,23+/m0/s1. The predicted molar refractivity (Wildman–Crippen MR) is 137 cm³/mol. The van der Waals surface area contributed by atoms with Crippen molar-refractivity contribution in [2.75, 3.05) is 33.7 Å². The summed E-state index contributed by atoms with van der Waals surface area (Å²) < 4.78 is 98.6. The summed E-state index contributed by atoms with van der Waals surface area (Å²) in [5.74, 6) is -1.33. The molecule has 15 heteroatoms. The predicted octanol–water partition coefficient (Wildman–Crippen LogP) is 4.72. The molecule has 2 saturated heterocycles. The maximum atomic E-state index is 13.8. The van der Waals surface area contributed by atoms with Crippen LogP contribution in [0.5, 0.6) is 0 Å². The first-order chi connectivity index (χ1) is 20.0. The Morgan fingerprint density at radius 3 is 2.21 bits per heavy atom. The molecule has 2 fully saturated rings. The highest BCUT2D eigenvalue weighted by Gasteiger charge is 2.49. The molecule has 2 aliphatic heterocycles. The molecule has 2 heterocycles. The molecule has 4 rings (SSSR count). The summed E-state index contributed by atoms with van der Waals surface area (Å²) >= 11 is 0. The Bertz CT molecular complexity index is 1330. The molecule has 2 aromatic carbocycles. The van der Waals surface area contributed by atoms with E-state index in [2.05, 4.69) is 0 Å². The first kappa shape index (κ1) is 32.0. The van der Waals surface area contributed by atoms with Crippen molar-refractivity contribution in [1.82, 2.24) is 19.6 Å². The molecule has 234 valence electrons. The van der Waals surface area contributed by atoms with Gasteiger partial charge in [-0.15, -0.1) is 0 Å². The van der Waals surface area contributed by atoms with Gasteiger partial charge in [0.05, 0.1) is 17.7 Å². The molecule has 2 aromatic rings. The Labute approximate surface area is 242 Å². The molecule has 0 saturated carbocycles. The third kappa shape index (κ3) is 7.56. The van der Waals surface area contributed by atoms with Gasteiger partial charge in [-0.2, -0.15) is 26.3 Å². The van der Waals surface area contributed by atoms with Crippen molar-refractivity contribution >= 4 is 17.9 Å². The van der Waals surface area contributed by atoms with E-state index in [1.54, 1.807) is 25.1 Å². The molecule has 0 N–H and O–H groups in total. The van der Waals surface area contributed by atoms with Gasteiger partial charge in [0.2, 0.25) is 11.8 Å². The largest absolute Gasteiger partial charge is 0.444 e. The lowest BCUT2D eigenvalue weighted by Crippen LogP contribution is -2.71. The van der Waals surface area contributed by atoms with Gasteiger partial charge in [0.1, 0.15) is 24.6 Å². The van der Waals surface area contributed by atoms with Crippen LogP contribution in [0.25, 0.3) is 0 Å². The van der Waals surface area contributed by atoms with Gasteiger partial charge in [0, 0.05) is 19.5 Å². The molecule has 8 nitrogen and oxygen atoms in total. The number of nitrogens with zero attached hydrogens (tertiary/aromatic N) is 4. The van der Waals surface area contributed by atoms with Crippen molar-refractivity contribution in [2.24, 2.45) is 0 Å². The number of hydrogen-bond donors (Lipinski definition) is 0. The van der Waals surface area contributed by atoms with Gasteiger partial charge in [-0.05, 0) is 68.5 Å². The van der Waals surface area contributed by atoms with Crippen LogP contribution in [-0.2, 0) is 39.8 Å². The molecule has 0 bridgehead atoms. The highest BCUT2D eigenvalue weighted by molar-refractivity contribution is 5.90. The summed E-state index contributed by atoms with van der Waals surface area (Å²) in [6, 6.07) is 5.49. The number of carbonyl (C=O) groups is 3. The average Bonchev–Trinajstić information content (AvgIpc) is 2.91. The van der Waals surface area contributed by atoms with E-state index >= 15 is 0 Å². The minimum Gasteiger partial charge on any atom is -0.444 e. The number of fused-ring (bicyclic) bond motifs is 1. The normalized spacial score (nSPS) is 19.6. The van der Waals surface area contributed by atoms with Crippen molar-refractivity contribution in [3.8, 4) is 0 Å². The summed E-state index contributed by atoms with van der Waals surface area (Å²) in [6.07, 6.45) is -12.2. The van der Waals surface area contributed by atoms with Crippen LogP contribution < -0.4 is 0 Å². The summed E-state index contributed by atoms with van der Waals surface area (Å²) in [5, 5.41) is 0. The molecule has 0 aliphatic carbocycles. The Morgan fingerprint density at radius 1 is 0.977 bits per heavy atom. The van der Waals surface area contributed by atoms with Gasteiger partial charge in [-0.1, -0.05) is 12.1 Å². The fraction of sp³-hybridized carbons (Fsp3) is 0.464. The number of carbonyl (C=O) groups excluding carboxylic acids is 3. The second kappa shape index (κ2) is 12.4. The van der Waals surface area contributed by atoms with Crippen molar-refractivity contribution in [3.05, 3.63) is 70.5 Å². The quantitative estimate of drug-likeness (QED) is 0.420. The second-order valence-electron chi connectivity index (χ2n) is 10.7. The van der Waals surface area contributed by atoms with Crippen LogP contribution in [0.3, 0.4) is 0 Å². The monoisotopic (exact) mass is 618 g/mol. The lowest BCUT2D eigenvalue weighted by Gasteiger charge is -2.52. The molecular weight excluding hydrogens is 589 g/mol. The molecule has 2 aliphatic rings. The smallest absolute Gasteiger partial charge is 0.416 e. The van der Waals surface area contributed by atoms with E-state index in [9.17, 15) is 45.1 Å². The van der Waals surface area contributed by atoms with Crippen LogP contribution in [0.15, 0.2) is 42.5 Å². The number of piperazine rings is 1. The lowest BCUT2D eigenvalue weighted by atomic mass is 10.0. The van der Waals surface area contributed by atoms with Crippen molar-refractivity contribution < 1.29 is 49.9 Å². The maximum Gasteiger partial charge on any atom is 0.416 e. The summed E-state index contributed by atoms with van der Waals surface area (Å²) in [7, 11) is 3.55. The number of hydrogen-bond acceptors (Lipinski definition) is 5. The van der Waals surface area contributed by atoms with Gasteiger partial charge in [-0.3, -0.25) is 14.5 Å². The minimum absolute atomic E-state index is 0.0269. The number of benzene rings is 2. The van der Waals surface area contributed by atoms with Gasteiger partial charge >= 0.3 is 18.4 Å². The third-order valence-electron chi connectivity index (χ3n) is 7.21. The van der Waals surface area contributed by atoms with Crippen LogP contribution in [-0.4, -0.2) is 83.4 Å². The summed E-state index contributed by atoms with van der Waals surface area (Å²) in [4.78, 5) is 45.4. The molecule has 2 atom stereocenters. The van der Waals surface area contributed by atoms with Crippen LogP contribution in [0, 0.1) is 5.82 Å². The molecular formula is C28H29F7N4O4. The topological polar surface area (TPSA) is 73.4 Å². The van der Waals surface area contributed by atoms with Crippen LogP contribution in [0.2, 0.25) is 0 Å². The number of alkyl halides is 6. The van der Waals surface area contributed by atoms with E-state index in [1.165, 1.54) is 28.0 Å². The molecule has 0 radical (unpaired) electrons. The minimum atomic E-state index is -5.07. The van der Waals surface area contributed by atoms with Gasteiger partial charge in [0.15, 0.2) is 0 Å². The Morgan fingerprint density at radius 2 is 1.63 bits per heavy atom. The van der Waals surface area contributed by atoms with E-state index in [4.69, 9.17) is 4.74 Å². The van der Waals surface area contributed by atoms with Crippen molar-refractivity contribution in [3.63, 3.8) is 0 Å². The SMILES string of the molecule is CN(C)CC[C@H]1C(=O)N(Cc2cccc(F)c2)C[C@@H]2N(C(=O)OCc3cc(C(F)(F)F)cc(C(F)(F)F)c3)CCC(=O)N21. The van der Waals surface area contributed by atoms with E-state index in [0.29, 0.717) is 24.2 Å². The molecule has 43 heavy (non-hydrogen) atoms. The first-order valence-corrected chi connectivity index (χ1v) is 13.3. The van der Waals surface area contributed by atoms with Gasteiger partial charge in [0.25, 0.3) is 0 Å². The zero-order chi connectivity index (χ0) is 31.7.